The molecule has 2 N–H and O–H groups in total. The molecule has 0 bridgehead atoms. The van der Waals surface area contributed by atoms with Gasteiger partial charge in [0, 0.05) is 6.20 Å². The molecule has 0 saturated carbocycles. The van der Waals surface area contributed by atoms with E-state index in [4.69, 9.17) is 5.73 Å². The van der Waals surface area contributed by atoms with Gasteiger partial charge in [-0.25, -0.2) is 4.98 Å². The highest BCUT2D eigenvalue weighted by molar-refractivity contribution is 5.30. The summed E-state index contributed by atoms with van der Waals surface area (Å²) in [6, 6.07) is 3.94. The summed E-state index contributed by atoms with van der Waals surface area (Å²) in [4.78, 5) is 4.07. The zero-order valence-corrected chi connectivity index (χ0v) is 7.75. The number of hydrogen-bond donors (Lipinski definition) is 1. The van der Waals surface area contributed by atoms with E-state index in [0.29, 0.717) is 11.7 Å². The van der Waals surface area contributed by atoms with Crippen LogP contribution in [0.5, 0.6) is 0 Å². The monoisotopic (exact) mass is 164 g/mol. The lowest BCUT2D eigenvalue weighted by Gasteiger charge is -2.11. The van der Waals surface area contributed by atoms with Crippen LogP contribution in [0.15, 0.2) is 18.3 Å². The molecule has 12 heavy (non-hydrogen) atoms. The molecule has 0 aromatic carbocycles. The van der Waals surface area contributed by atoms with E-state index in [1.165, 1.54) is 18.4 Å². The van der Waals surface area contributed by atoms with Crippen LogP contribution in [0.1, 0.15) is 38.2 Å². The Morgan fingerprint density at radius 1 is 1.33 bits per heavy atom. The van der Waals surface area contributed by atoms with Gasteiger partial charge < -0.3 is 5.73 Å². The second kappa shape index (κ2) is 4.10. The molecule has 1 heterocycles. The molecule has 1 aromatic rings. The van der Waals surface area contributed by atoms with Crippen LogP contribution in [0, 0.1) is 0 Å². The lowest BCUT2D eigenvalue weighted by Crippen LogP contribution is -1.97. The number of hydrogen-bond acceptors (Lipinski definition) is 2. The summed E-state index contributed by atoms with van der Waals surface area (Å²) in [7, 11) is 0. The van der Waals surface area contributed by atoms with E-state index in [0.717, 1.165) is 0 Å². The predicted octanol–water partition coefficient (Wildman–Crippen LogP) is 2.57. The summed E-state index contributed by atoms with van der Waals surface area (Å²) in [5.74, 6) is 1.24. The number of rotatable bonds is 3. The number of aromatic nitrogens is 1. The molecule has 0 spiro atoms. The predicted molar refractivity (Wildman–Crippen MR) is 52.0 cm³/mol. The standard InChI is InChI=1S/C10H16N2/c1-3-8(4-2)9-5-6-10(11)12-7-9/h5-8H,3-4H2,1-2H3,(H2,11,12). The molecule has 0 radical (unpaired) electrons. The third-order valence-corrected chi connectivity index (χ3v) is 2.27. The Hall–Kier alpha value is -1.05. The summed E-state index contributed by atoms with van der Waals surface area (Å²) >= 11 is 0. The van der Waals surface area contributed by atoms with Crippen LogP contribution < -0.4 is 5.73 Å². The second-order valence-corrected chi connectivity index (χ2v) is 3.03. The van der Waals surface area contributed by atoms with E-state index < -0.39 is 0 Å². The number of anilines is 1. The van der Waals surface area contributed by atoms with Crippen molar-refractivity contribution in [1.82, 2.24) is 4.98 Å². The van der Waals surface area contributed by atoms with Crippen molar-refractivity contribution >= 4 is 5.82 Å². The van der Waals surface area contributed by atoms with E-state index in [-0.39, 0.29) is 0 Å². The normalized spacial score (nSPS) is 10.6. The van der Waals surface area contributed by atoms with Gasteiger partial charge in [-0.3, -0.25) is 0 Å². The van der Waals surface area contributed by atoms with Crippen LogP contribution in [0.2, 0.25) is 0 Å². The fourth-order valence-electron chi connectivity index (χ4n) is 1.42. The van der Waals surface area contributed by atoms with Gasteiger partial charge in [0.15, 0.2) is 0 Å². The molecule has 0 atom stereocenters. The Kier molecular flexibility index (Phi) is 3.09. The van der Waals surface area contributed by atoms with Gasteiger partial charge in [-0.05, 0) is 30.4 Å². The highest BCUT2D eigenvalue weighted by Gasteiger charge is 2.05. The molecule has 0 aliphatic carbocycles. The first kappa shape index (κ1) is 9.04. The van der Waals surface area contributed by atoms with Gasteiger partial charge in [-0.1, -0.05) is 19.9 Å². The zero-order valence-electron chi connectivity index (χ0n) is 7.75. The lowest BCUT2D eigenvalue weighted by atomic mass is 9.96. The van der Waals surface area contributed by atoms with Crippen LogP contribution in [-0.4, -0.2) is 4.98 Å². The van der Waals surface area contributed by atoms with Crippen LogP contribution in [0.3, 0.4) is 0 Å². The maximum Gasteiger partial charge on any atom is 0.123 e. The van der Waals surface area contributed by atoms with Crippen LogP contribution in [0.4, 0.5) is 5.82 Å². The van der Waals surface area contributed by atoms with Crippen LogP contribution >= 0.6 is 0 Å². The van der Waals surface area contributed by atoms with Crippen molar-refractivity contribution in [2.45, 2.75) is 32.6 Å². The minimum Gasteiger partial charge on any atom is -0.384 e. The van der Waals surface area contributed by atoms with Gasteiger partial charge in [0.25, 0.3) is 0 Å². The molecule has 2 heteroatoms. The highest BCUT2D eigenvalue weighted by atomic mass is 14.8. The molecule has 0 unspecified atom stereocenters. The fraction of sp³-hybridized carbons (Fsp3) is 0.500. The van der Waals surface area contributed by atoms with E-state index in [1.807, 2.05) is 12.3 Å². The Morgan fingerprint density at radius 3 is 2.42 bits per heavy atom. The molecule has 0 amide bonds. The third-order valence-electron chi connectivity index (χ3n) is 2.27. The molecular weight excluding hydrogens is 148 g/mol. The first-order valence-corrected chi connectivity index (χ1v) is 4.49. The molecular formula is C10H16N2. The van der Waals surface area contributed by atoms with Crippen molar-refractivity contribution in [3.8, 4) is 0 Å². The topological polar surface area (TPSA) is 38.9 Å². The number of nitrogen functional groups attached to an aromatic ring is 1. The van der Waals surface area contributed by atoms with Crippen LogP contribution in [-0.2, 0) is 0 Å². The molecule has 2 nitrogen and oxygen atoms in total. The van der Waals surface area contributed by atoms with Gasteiger partial charge >= 0.3 is 0 Å². The molecule has 1 aromatic heterocycles. The fourth-order valence-corrected chi connectivity index (χ4v) is 1.42. The quantitative estimate of drug-likeness (QED) is 0.745. The maximum atomic E-state index is 5.50. The van der Waals surface area contributed by atoms with Gasteiger partial charge in [-0.2, -0.15) is 0 Å². The summed E-state index contributed by atoms with van der Waals surface area (Å²) in [6.07, 6.45) is 4.22. The third kappa shape index (κ3) is 1.97. The van der Waals surface area contributed by atoms with Gasteiger partial charge in [0.1, 0.15) is 5.82 Å². The van der Waals surface area contributed by atoms with Gasteiger partial charge in [-0.15, -0.1) is 0 Å². The Bertz CT molecular complexity index is 224. The Labute approximate surface area is 73.8 Å². The van der Waals surface area contributed by atoms with Crippen molar-refractivity contribution in [3.63, 3.8) is 0 Å². The number of nitrogens with two attached hydrogens (primary N) is 1. The highest BCUT2D eigenvalue weighted by Crippen LogP contribution is 2.21. The molecule has 66 valence electrons. The number of pyridine rings is 1. The minimum atomic E-state index is 0.602. The Balaban J connectivity index is 2.80. The van der Waals surface area contributed by atoms with E-state index >= 15 is 0 Å². The molecule has 0 aliphatic heterocycles. The minimum absolute atomic E-state index is 0.602. The van der Waals surface area contributed by atoms with Crippen molar-refractivity contribution < 1.29 is 0 Å². The SMILES string of the molecule is CCC(CC)c1ccc(N)nc1. The second-order valence-electron chi connectivity index (χ2n) is 3.03. The summed E-state index contributed by atoms with van der Waals surface area (Å²) in [6.45, 7) is 4.40. The summed E-state index contributed by atoms with van der Waals surface area (Å²) < 4.78 is 0. The molecule has 1 rings (SSSR count). The molecule has 0 aliphatic rings. The summed E-state index contributed by atoms with van der Waals surface area (Å²) in [5, 5.41) is 0. The van der Waals surface area contributed by atoms with E-state index in [1.54, 1.807) is 0 Å². The van der Waals surface area contributed by atoms with Crippen molar-refractivity contribution in [1.29, 1.82) is 0 Å². The van der Waals surface area contributed by atoms with Gasteiger partial charge in [0.2, 0.25) is 0 Å². The number of nitrogens with zero attached hydrogens (tertiary/aromatic N) is 1. The van der Waals surface area contributed by atoms with Crippen molar-refractivity contribution in [3.05, 3.63) is 23.9 Å². The van der Waals surface area contributed by atoms with Crippen LogP contribution in [0.25, 0.3) is 0 Å². The smallest absolute Gasteiger partial charge is 0.123 e. The van der Waals surface area contributed by atoms with Crippen molar-refractivity contribution in [2.75, 3.05) is 5.73 Å². The molecule has 0 saturated heterocycles. The summed E-state index contributed by atoms with van der Waals surface area (Å²) in [5.41, 5.74) is 6.80. The first-order chi connectivity index (χ1) is 5.77. The van der Waals surface area contributed by atoms with E-state index in [9.17, 15) is 0 Å². The van der Waals surface area contributed by atoms with Gasteiger partial charge in [0.05, 0.1) is 0 Å². The van der Waals surface area contributed by atoms with Crippen molar-refractivity contribution in [2.24, 2.45) is 0 Å². The Morgan fingerprint density at radius 2 is 2.00 bits per heavy atom. The molecule has 0 fully saturated rings. The largest absolute Gasteiger partial charge is 0.384 e. The van der Waals surface area contributed by atoms with E-state index in [2.05, 4.69) is 24.9 Å². The average Bonchev–Trinajstić information content (AvgIpc) is 2.10. The first-order valence-electron chi connectivity index (χ1n) is 4.49. The average molecular weight is 164 g/mol. The zero-order chi connectivity index (χ0) is 8.97. The lowest BCUT2D eigenvalue weighted by molar-refractivity contribution is 0.639. The maximum absolute atomic E-state index is 5.50.